The molecule has 0 aromatic heterocycles. The number of benzene rings is 1. The van der Waals surface area contributed by atoms with Gasteiger partial charge in [-0.25, -0.2) is 8.78 Å². The standard InChI is InChI=1S/C15H19BrF2N2O/c1-2-4-15(5-3-6-19-9-15)14(21)20-13-8-11(17)10(16)7-12(13)18/h7-8,19H,2-6,9H2,1H3,(H,20,21). The summed E-state index contributed by atoms with van der Waals surface area (Å²) < 4.78 is 27.4. The fourth-order valence-electron chi connectivity index (χ4n) is 2.84. The summed E-state index contributed by atoms with van der Waals surface area (Å²) in [5, 5.41) is 5.78. The first-order chi connectivity index (χ1) is 9.98. The van der Waals surface area contributed by atoms with E-state index >= 15 is 0 Å². The number of halogens is 3. The highest BCUT2D eigenvalue weighted by Crippen LogP contribution is 2.34. The van der Waals surface area contributed by atoms with Crippen molar-refractivity contribution in [3.05, 3.63) is 28.2 Å². The molecule has 1 fully saturated rings. The fourth-order valence-corrected chi connectivity index (χ4v) is 3.16. The minimum atomic E-state index is -0.646. The van der Waals surface area contributed by atoms with Crippen molar-refractivity contribution in [2.75, 3.05) is 18.4 Å². The van der Waals surface area contributed by atoms with E-state index in [4.69, 9.17) is 0 Å². The van der Waals surface area contributed by atoms with E-state index in [1.807, 2.05) is 6.92 Å². The number of nitrogens with one attached hydrogen (secondary N) is 2. The summed E-state index contributed by atoms with van der Waals surface area (Å²) >= 11 is 2.92. The molecule has 3 nitrogen and oxygen atoms in total. The molecule has 1 aromatic rings. The van der Waals surface area contributed by atoms with Gasteiger partial charge in [0.25, 0.3) is 0 Å². The van der Waals surface area contributed by atoms with E-state index in [0.717, 1.165) is 44.4 Å². The summed E-state index contributed by atoms with van der Waals surface area (Å²) in [6.07, 6.45) is 3.27. The summed E-state index contributed by atoms with van der Waals surface area (Å²) in [4.78, 5) is 12.6. The molecular weight excluding hydrogens is 342 g/mol. The molecule has 1 atom stereocenters. The Morgan fingerprint density at radius 1 is 1.43 bits per heavy atom. The molecule has 0 radical (unpaired) electrons. The van der Waals surface area contributed by atoms with Crippen LogP contribution in [-0.2, 0) is 4.79 Å². The molecule has 1 saturated heterocycles. The fraction of sp³-hybridized carbons (Fsp3) is 0.533. The van der Waals surface area contributed by atoms with Gasteiger partial charge in [0, 0.05) is 12.6 Å². The number of rotatable bonds is 4. The van der Waals surface area contributed by atoms with Crippen molar-refractivity contribution in [3.63, 3.8) is 0 Å². The number of carbonyl (C=O) groups is 1. The maximum atomic E-state index is 13.8. The summed E-state index contributed by atoms with van der Waals surface area (Å²) in [6.45, 7) is 3.48. The molecule has 1 heterocycles. The molecule has 0 saturated carbocycles. The molecule has 1 unspecified atom stereocenters. The highest BCUT2D eigenvalue weighted by molar-refractivity contribution is 9.10. The van der Waals surface area contributed by atoms with Gasteiger partial charge in [0.15, 0.2) is 0 Å². The lowest BCUT2D eigenvalue weighted by atomic mass is 9.76. The zero-order chi connectivity index (χ0) is 15.5. The Morgan fingerprint density at radius 2 is 2.19 bits per heavy atom. The van der Waals surface area contributed by atoms with E-state index in [9.17, 15) is 13.6 Å². The van der Waals surface area contributed by atoms with E-state index in [2.05, 4.69) is 26.6 Å². The van der Waals surface area contributed by atoms with Crippen molar-refractivity contribution >= 4 is 27.5 Å². The predicted octanol–water partition coefficient (Wildman–Crippen LogP) is 3.84. The van der Waals surface area contributed by atoms with E-state index in [1.54, 1.807) is 0 Å². The van der Waals surface area contributed by atoms with Gasteiger partial charge in [-0.2, -0.15) is 0 Å². The minimum absolute atomic E-state index is 0.0422. The molecule has 0 spiro atoms. The third-order valence-electron chi connectivity index (χ3n) is 3.94. The number of hydrogen-bond donors (Lipinski definition) is 2. The van der Waals surface area contributed by atoms with Crippen LogP contribution in [0, 0.1) is 17.0 Å². The van der Waals surface area contributed by atoms with Crippen LogP contribution in [0.4, 0.5) is 14.5 Å². The summed E-state index contributed by atoms with van der Waals surface area (Å²) in [6, 6.07) is 2.03. The first-order valence-corrected chi connectivity index (χ1v) is 7.94. The van der Waals surface area contributed by atoms with Crippen LogP contribution >= 0.6 is 15.9 Å². The first kappa shape index (κ1) is 16.4. The summed E-state index contributed by atoms with van der Waals surface area (Å²) in [5.41, 5.74) is -0.648. The molecule has 1 aliphatic rings. The second-order valence-electron chi connectivity index (χ2n) is 5.51. The van der Waals surface area contributed by atoms with Gasteiger partial charge in [0.05, 0.1) is 15.6 Å². The van der Waals surface area contributed by atoms with Gasteiger partial charge in [-0.15, -0.1) is 0 Å². The van der Waals surface area contributed by atoms with Crippen LogP contribution in [0.25, 0.3) is 0 Å². The van der Waals surface area contributed by atoms with Gasteiger partial charge < -0.3 is 10.6 Å². The van der Waals surface area contributed by atoms with Gasteiger partial charge >= 0.3 is 0 Å². The summed E-state index contributed by atoms with van der Waals surface area (Å²) in [5.74, 6) is -1.48. The Morgan fingerprint density at radius 3 is 2.81 bits per heavy atom. The van der Waals surface area contributed by atoms with Crippen LogP contribution in [0.3, 0.4) is 0 Å². The number of amides is 1. The molecule has 1 aromatic carbocycles. The quantitative estimate of drug-likeness (QED) is 0.801. The maximum absolute atomic E-state index is 13.8. The molecule has 6 heteroatoms. The zero-order valence-corrected chi connectivity index (χ0v) is 13.5. The topological polar surface area (TPSA) is 41.1 Å². The Hall–Kier alpha value is -1.01. The van der Waals surface area contributed by atoms with Gasteiger partial charge in [-0.05, 0) is 47.8 Å². The van der Waals surface area contributed by atoms with Crippen molar-refractivity contribution < 1.29 is 13.6 Å². The normalized spacial score (nSPS) is 22.1. The number of piperidine rings is 1. The zero-order valence-electron chi connectivity index (χ0n) is 11.9. The highest BCUT2D eigenvalue weighted by atomic mass is 79.9. The monoisotopic (exact) mass is 360 g/mol. The number of hydrogen-bond acceptors (Lipinski definition) is 2. The van der Waals surface area contributed by atoms with Crippen LogP contribution in [-0.4, -0.2) is 19.0 Å². The van der Waals surface area contributed by atoms with Gasteiger partial charge in [-0.3, -0.25) is 4.79 Å². The van der Waals surface area contributed by atoms with Crippen LogP contribution in [0.2, 0.25) is 0 Å². The maximum Gasteiger partial charge on any atom is 0.231 e. The minimum Gasteiger partial charge on any atom is -0.323 e. The van der Waals surface area contributed by atoms with Crippen LogP contribution in [0.1, 0.15) is 32.6 Å². The second-order valence-corrected chi connectivity index (χ2v) is 6.37. The smallest absolute Gasteiger partial charge is 0.231 e. The largest absolute Gasteiger partial charge is 0.323 e. The second kappa shape index (κ2) is 6.83. The van der Waals surface area contributed by atoms with Gasteiger partial charge in [0.1, 0.15) is 11.6 Å². The lowest BCUT2D eigenvalue weighted by molar-refractivity contribution is -0.127. The number of carbonyl (C=O) groups excluding carboxylic acids is 1. The van der Waals surface area contributed by atoms with Crippen molar-refractivity contribution in [1.82, 2.24) is 5.32 Å². The first-order valence-electron chi connectivity index (χ1n) is 7.15. The van der Waals surface area contributed by atoms with Crippen LogP contribution in [0.5, 0.6) is 0 Å². The average molecular weight is 361 g/mol. The Kier molecular flexibility index (Phi) is 5.32. The van der Waals surface area contributed by atoms with E-state index in [-0.39, 0.29) is 16.1 Å². The Labute approximate surface area is 131 Å². The van der Waals surface area contributed by atoms with Crippen LogP contribution in [0.15, 0.2) is 16.6 Å². The molecule has 116 valence electrons. The molecular formula is C15H19BrF2N2O. The van der Waals surface area contributed by atoms with E-state index in [1.165, 1.54) is 0 Å². The van der Waals surface area contributed by atoms with Crippen molar-refractivity contribution in [2.45, 2.75) is 32.6 Å². The predicted molar refractivity (Wildman–Crippen MR) is 82.1 cm³/mol. The molecule has 1 amide bonds. The van der Waals surface area contributed by atoms with Crippen molar-refractivity contribution in [3.8, 4) is 0 Å². The molecule has 0 bridgehead atoms. The average Bonchev–Trinajstić information content (AvgIpc) is 2.46. The van der Waals surface area contributed by atoms with Crippen molar-refractivity contribution in [2.24, 2.45) is 5.41 Å². The summed E-state index contributed by atoms with van der Waals surface area (Å²) in [7, 11) is 0. The highest BCUT2D eigenvalue weighted by Gasteiger charge is 2.38. The Bertz CT molecular complexity index is 525. The van der Waals surface area contributed by atoms with E-state index < -0.39 is 17.0 Å². The Balaban J connectivity index is 2.21. The van der Waals surface area contributed by atoms with E-state index in [0.29, 0.717) is 6.54 Å². The number of anilines is 1. The molecule has 21 heavy (non-hydrogen) atoms. The molecule has 2 rings (SSSR count). The van der Waals surface area contributed by atoms with Gasteiger partial charge in [0.2, 0.25) is 5.91 Å². The lowest BCUT2D eigenvalue weighted by Crippen LogP contribution is -2.48. The lowest BCUT2D eigenvalue weighted by Gasteiger charge is -2.36. The molecule has 0 aliphatic carbocycles. The molecule has 2 N–H and O–H groups in total. The third-order valence-corrected chi connectivity index (χ3v) is 4.55. The van der Waals surface area contributed by atoms with Crippen molar-refractivity contribution in [1.29, 1.82) is 0 Å². The SMILES string of the molecule is CCCC1(C(=O)Nc2cc(F)c(Br)cc2F)CCCNC1. The van der Waals surface area contributed by atoms with Crippen LogP contribution < -0.4 is 10.6 Å². The van der Waals surface area contributed by atoms with Gasteiger partial charge in [-0.1, -0.05) is 13.3 Å². The third kappa shape index (κ3) is 3.61. The molecule has 1 aliphatic heterocycles.